The number of rotatable bonds is 6. The monoisotopic (exact) mass is 324 g/mol. The molecule has 124 valence electrons. The summed E-state index contributed by atoms with van der Waals surface area (Å²) in [5.74, 6) is 1.49. The van der Waals surface area contributed by atoms with E-state index in [2.05, 4.69) is 23.5 Å². The average Bonchev–Trinajstić information content (AvgIpc) is 2.43. The molecule has 1 aliphatic heterocycles. The van der Waals surface area contributed by atoms with E-state index in [1.54, 1.807) is 12.1 Å². The van der Waals surface area contributed by atoms with Crippen molar-refractivity contribution in [2.45, 2.75) is 38.5 Å². The number of sulfonamides is 1. The Balaban J connectivity index is 1.77. The van der Waals surface area contributed by atoms with Gasteiger partial charge in [-0.3, -0.25) is 0 Å². The van der Waals surface area contributed by atoms with Crippen molar-refractivity contribution in [2.24, 2.45) is 11.8 Å². The largest absolute Gasteiger partial charge is 0.303 e. The van der Waals surface area contributed by atoms with Crippen molar-refractivity contribution < 1.29 is 8.42 Å². The average molecular weight is 324 g/mol. The summed E-state index contributed by atoms with van der Waals surface area (Å²) in [6, 6.07) is 6.97. The fraction of sp³-hybridized carbons (Fsp3) is 0.647. The Morgan fingerprint density at radius 2 is 1.73 bits per heavy atom. The number of hydrogen-bond donors (Lipinski definition) is 1. The molecule has 22 heavy (non-hydrogen) atoms. The predicted molar refractivity (Wildman–Crippen MR) is 90.4 cm³/mol. The number of piperidine rings is 1. The fourth-order valence-corrected chi connectivity index (χ4v) is 4.36. The number of hydrogen-bond acceptors (Lipinski definition) is 3. The van der Waals surface area contributed by atoms with Gasteiger partial charge in [-0.1, -0.05) is 31.5 Å². The first kappa shape index (κ1) is 17.4. The van der Waals surface area contributed by atoms with Crippen LogP contribution in [-0.4, -0.2) is 39.5 Å². The number of nitrogens with zero attached hydrogens (tertiary/aromatic N) is 1. The van der Waals surface area contributed by atoms with E-state index in [9.17, 15) is 8.42 Å². The maximum Gasteiger partial charge on any atom is 0.240 e. The Morgan fingerprint density at radius 1 is 1.14 bits per heavy atom. The van der Waals surface area contributed by atoms with Crippen LogP contribution in [0.2, 0.25) is 0 Å². The molecule has 1 aliphatic rings. The van der Waals surface area contributed by atoms with Crippen LogP contribution >= 0.6 is 0 Å². The quantitative estimate of drug-likeness (QED) is 0.819. The summed E-state index contributed by atoms with van der Waals surface area (Å²) in [6.07, 6.45) is 2.15. The summed E-state index contributed by atoms with van der Waals surface area (Å²) in [7, 11) is -3.37. The van der Waals surface area contributed by atoms with Gasteiger partial charge in [-0.2, -0.15) is 0 Å². The molecule has 1 fully saturated rings. The van der Waals surface area contributed by atoms with Crippen molar-refractivity contribution in [3.05, 3.63) is 29.8 Å². The van der Waals surface area contributed by atoms with Crippen LogP contribution in [0.1, 0.15) is 32.3 Å². The molecule has 5 heteroatoms. The lowest BCUT2D eigenvalue weighted by atomic mass is 9.92. The molecular weight excluding hydrogens is 296 g/mol. The molecule has 1 N–H and O–H groups in total. The Labute approximate surface area is 135 Å². The number of likely N-dealkylation sites (tertiary alicyclic amines) is 1. The van der Waals surface area contributed by atoms with Gasteiger partial charge in [-0.25, -0.2) is 13.1 Å². The molecule has 0 aromatic heterocycles. The number of benzene rings is 1. The lowest BCUT2D eigenvalue weighted by Gasteiger charge is -2.34. The van der Waals surface area contributed by atoms with Crippen molar-refractivity contribution in [1.29, 1.82) is 0 Å². The van der Waals surface area contributed by atoms with Crippen molar-refractivity contribution in [3.63, 3.8) is 0 Å². The summed E-state index contributed by atoms with van der Waals surface area (Å²) in [6.45, 7) is 10.3. The molecule has 2 atom stereocenters. The van der Waals surface area contributed by atoms with Gasteiger partial charge in [0.15, 0.2) is 0 Å². The second-order valence-corrected chi connectivity index (χ2v) is 8.54. The zero-order valence-electron chi connectivity index (χ0n) is 13.9. The van der Waals surface area contributed by atoms with E-state index in [1.165, 1.54) is 6.42 Å². The third-order valence-corrected chi connectivity index (χ3v) is 5.70. The van der Waals surface area contributed by atoms with Crippen molar-refractivity contribution in [1.82, 2.24) is 9.62 Å². The van der Waals surface area contributed by atoms with E-state index in [0.29, 0.717) is 11.4 Å². The fourth-order valence-electron chi connectivity index (χ4n) is 3.28. The molecule has 2 rings (SSSR count). The SMILES string of the molecule is Cc1ccc(S(=O)(=O)NCCCN2CC(C)CC(C)C2)cc1. The number of nitrogens with one attached hydrogen (secondary N) is 1. The van der Waals surface area contributed by atoms with Crippen molar-refractivity contribution in [2.75, 3.05) is 26.2 Å². The molecule has 1 aromatic rings. The molecule has 1 saturated heterocycles. The molecule has 1 aromatic carbocycles. The topological polar surface area (TPSA) is 49.4 Å². The Bertz CT molecular complexity index is 559. The summed E-state index contributed by atoms with van der Waals surface area (Å²) < 4.78 is 27.1. The van der Waals surface area contributed by atoms with E-state index < -0.39 is 10.0 Å². The van der Waals surface area contributed by atoms with E-state index >= 15 is 0 Å². The van der Waals surface area contributed by atoms with Crippen LogP contribution in [-0.2, 0) is 10.0 Å². The van der Waals surface area contributed by atoms with Gasteiger partial charge in [0.25, 0.3) is 0 Å². The summed E-state index contributed by atoms with van der Waals surface area (Å²) >= 11 is 0. The highest BCUT2D eigenvalue weighted by molar-refractivity contribution is 7.89. The molecule has 0 spiro atoms. The van der Waals surface area contributed by atoms with Crippen LogP contribution in [0.3, 0.4) is 0 Å². The van der Waals surface area contributed by atoms with Crippen LogP contribution in [0.5, 0.6) is 0 Å². The van der Waals surface area contributed by atoms with Gasteiger partial charge < -0.3 is 4.90 Å². The molecule has 0 aliphatic carbocycles. The van der Waals surface area contributed by atoms with Crippen molar-refractivity contribution >= 4 is 10.0 Å². The lowest BCUT2D eigenvalue weighted by molar-refractivity contribution is 0.140. The molecule has 0 radical (unpaired) electrons. The third kappa shape index (κ3) is 5.07. The smallest absolute Gasteiger partial charge is 0.240 e. The zero-order valence-corrected chi connectivity index (χ0v) is 14.7. The van der Waals surface area contributed by atoms with E-state index in [0.717, 1.165) is 43.5 Å². The molecule has 2 unspecified atom stereocenters. The van der Waals surface area contributed by atoms with Gasteiger partial charge >= 0.3 is 0 Å². The minimum Gasteiger partial charge on any atom is -0.303 e. The minimum atomic E-state index is -3.37. The molecule has 0 saturated carbocycles. The van der Waals surface area contributed by atoms with Crippen LogP contribution in [0, 0.1) is 18.8 Å². The Hall–Kier alpha value is -0.910. The second kappa shape index (κ2) is 7.57. The van der Waals surface area contributed by atoms with E-state index in [-0.39, 0.29) is 0 Å². The Kier molecular flexibility index (Phi) is 6.01. The zero-order chi connectivity index (χ0) is 16.2. The standard InChI is InChI=1S/C17H28N2O2S/c1-14-5-7-17(8-6-14)22(20,21)18-9-4-10-19-12-15(2)11-16(3)13-19/h5-8,15-16,18H,4,9-13H2,1-3H3. The highest BCUT2D eigenvalue weighted by atomic mass is 32.2. The van der Waals surface area contributed by atoms with Gasteiger partial charge in [0.1, 0.15) is 0 Å². The number of aryl methyl sites for hydroxylation is 1. The molecule has 1 heterocycles. The summed E-state index contributed by atoms with van der Waals surface area (Å²) in [5, 5.41) is 0. The third-order valence-electron chi connectivity index (χ3n) is 4.22. The van der Waals surface area contributed by atoms with Crippen LogP contribution in [0.4, 0.5) is 0 Å². The summed E-state index contributed by atoms with van der Waals surface area (Å²) in [5.41, 5.74) is 1.06. The van der Waals surface area contributed by atoms with Crippen LogP contribution < -0.4 is 4.72 Å². The second-order valence-electron chi connectivity index (χ2n) is 6.77. The normalized spacial score (nSPS) is 23.6. The Morgan fingerprint density at radius 3 is 2.32 bits per heavy atom. The van der Waals surface area contributed by atoms with E-state index in [1.807, 2.05) is 19.1 Å². The van der Waals surface area contributed by atoms with Gasteiger partial charge in [0.2, 0.25) is 10.0 Å². The van der Waals surface area contributed by atoms with Crippen molar-refractivity contribution in [3.8, 4) is 0 Å². The minimum absolute atomic E-state index is 0.346. The summed E-state index contributed by atoms with van der Waals surface area (Å²) in [4.78, 5) is 2.80. The predicted octanol–water partition coefficient (Wildman–Crippen LogP) is 2.64. The highest BCUT2D eigenvalue weighted by Crippen LogP contribution is 2.20. The van der Waals surface area contributed by atoms with Gasteiger partial charge in [-0.15, -0.1) is 0 Å². The van der Waals surface area contributed by atoms with Crippen LogP contribution in [0.25, 0.3) is 0 Å². The first-order chi connectivity index (χ1) is 10.4. The maximum atomic E-state index is 12.2. The lowest BCUT2D eigenvalue weighted by Crippen LogP contribution is -2.40. The van der Waals surface area contributed by atoms with Gasteiger partial charge in [0.05, 0.1) is 4.90 Å². The maximum absolute atomic E-state index is 12.2. The first-order valence-corrected chi connectivity index (χ1v) is 9.64. The molecule has 4 nitrogen and oxygen atoms in total. The highest BCUT2D eigenvalue weighted by Gasteiger charge is 2.21. The van der Waals surface area contributed by atoms with E-state index in [4.69, 9.17) is 0 Å². The molecular formula is C17H28N2O2S. The first-order valence-electron chi connectivity index (χ1n) is 8.15. The van der Waals surface area contributed by atoms with Gasteiger partial charge in [0, 0.05) is 19.6 Å². The molecule has 0 bridgehead atoms. The van der Waals surface area contributed by atoms with Crippen LogP contribution in [0.15, 0.2) is 29.2 Å². The van der Waals surface area contributed by atoms with Gasteiger partial charge in [-0.05, 0) is 50.3 Å². The molecule has 0 amide bonds.